The van der Waals surface area contributed by atoms with E-state index in [1.807, 2.05) is 0 Å². The molecule has 0 aromatic carbocycles. The molecule has 1 heterocycles. The van der Waals surface area contributed by atoms with Crippen LogP contribution in [0, 0.1) is 0 Å². The van der Waals surface area contributed by atoms with Gasteiger partial charge in [-0.1, -0.05) is 6.92 Å². The van der Waals surface area contributed by atoms with Crippen molar-refractivity contribution in [1.29, 1.82) is 0 Å². The predicted octanol–water partition coefficient (Wildman–Crippen LogP) is 2.29. The predicted molar refractivity (Wildman–Crippen MR) is 46.0 cm³/mol. The minimum absolute atomic E-state index is 0.0208. The Bertz CT molecular complexity index is 288. The van der Waals surface area contributed by atoms with Crippen LogP contribution in [0.2, 0.25) is 0 Å². The molecule has 0 aromatic rings. The van der Waals surface area contributed by atoms with Crippen molar-refractivity contribution in [2.75, 3.05) is 6.54 Å². The topological polar surface area (TPSA) is 20.3 Å². The summed E-state index contributed by atoms with van der Waals surface area (Å²) in [6, 6.07) is -4.09. The molecule has 0 aliphatic carbocycles. The van der Waals surface area contributed by atoms with Crippen molar-refractivity contribution in [2.45, 2.75) is 44.6 Å². The highest BCUT2D eigenvalue weighted by Gasteiger charge is 2.77. The van der Waals surface area contributed by atoms with Gasteiger partial charge in [0, 0.05) is 6.54 Å². The van der Waals surface area contributed by atoms with Gasteiger partial charge >= 0.3 is 6.05 Å². The highest BCUT2D eigenvalue weighted by Crippen LogP contribution is 2.52. The molecule has 2 unspecified atom stereocenters. The van der Waals surface area contributed by atoms with Gasteiger partial charge in [0.2, 0.25) is 11.3 Å². The van der Waals surface area contributed by atoms with Gasteiger partial charge in [0.1, 0.15) is 0 Å². The molecular weight excluding hydrogens is 214 g/mol. The number of carbonyl (C=O) groups is 1. The second-order valence-corrected chi connectivity index (χ2v) is 4.00. The third-order valence-corrected chi connectivity index (χ3v) is 2.88. The Labute approximate surface area is 85.2 Å². The van der Waals surface area contributed by atoms with E-state index in [-0.39, 0.29) is 17.9 Å². The van der Waals surface area contributed by atoms with Crippen LogP contribution < -0.4 is 0 Å². The SMILES string of the molecule is CCCN1C(=O)C(C)(F)C(C)(F)C1(F)F. The average molecular weight is 227 g/mol. The number of alkyl halides is 4. The Hall–Kier alpha value is -0.810. The first-order valence-electron chi connectivity index (χ1n) is 4.68. The molecule has 1 fully saturated rings. The van der Waals surface area contributed by atoms with Gasteiger partial charge in [-0.3, -0.25) is 9.69 Å². The van der Waals surface area contributed by atoms with Crippen LogP contribution >= 0.6 is 0 Å². The van der Waals surface area contributed by atoms with Crippen LogP contribution in [0.4, 0.5) is 17.6 Å². The zero-order chi connectivity index (χ0) is 12.1. The molecule has 15 heavy (non-hydrogen) atoms. The first kappa shape index (κ1) is 12.3. The number of likely N-dealkylation sites (tertiary alicyclic amines) is 1. The van der Waals surface area contributed by atoms with Gasteiger partial charge in [-0.2, -0.15) is 8.78 Å². The minimum atomic E-state index is -4.09. The van der Waals surface area contributed by atoms with Crippen LogP contribution in [-0.4, -0.2) is 34.7 Å². The maximum absolute atomic E-state index is 13.6. The van der Waals surface area contributed by atoms with Crippen molar-refractivity contribution in [2.24, 2.45) is 0 Å². The molecule has 0 radical (unpaired) electrons. The van der Waals surface area contributed by atoms with Gasteiger partial charge < -0.3 is 0 Å². The first-order chi connectivity index (χ1) is 6.60. The number of carbonyl (C=O) groups excluding carboxylic acids is 1. The van der Waals surface area contributed by atoms with Crippen molar-refractivity contribution in [1.82, 2.24) is 4.90 Å². The van der Waals surface area contributed by atoms with E-state index in [1.165, 1.54) is 0 Å². The Morgan fingerprint density at radius 2 is 1.67 bits per heavy atom. The van der Waals surface area contributed by atoms with Gasteiger partial charge in [-0.05, 0) is 20.3 Å². The van der Waals surface area contributed by atoms with Crippen molar-refractivity contribution in [3.05, 3.63) is 0 Å². The van der Waals surface area contributed by atoms with E-state index in [1.54, 1.807) is 6.92 Å². The summed E-state index contributed by atoms with van der Waals surface area (Å²) in [5.41, 5.74) is -6.67. The second kappa shape index (κ2) is 3.09. The molecule has 1 rings (SSSR count). The lowest BCUT2D eigenvalue weighted by Gasteiger charge is -2.29. The van der Waals surface area contributed by atoms with Crippen LogP contribution in [-0.2, 0) is 4.79 Å². The van der Waals surface area contributed by atoms with Crippen LogP contribution in [0.25, 0.3) is 0 Å². The third-order valence-electron chi connectivity index (χ3n) is 2.88. The summed E-state index contributed by atoms with van der Waals surface area (Å²) in [6.07, 6.45) is 0.216. The standard InChI is InChI=1S/C9H13F4NO/c1-4-5-14-6(15)7(2,10)8(3,11)9(14,12)13/h4-5H2,1-3H3. The second-order valence-electron chi connectivity index (χ2n) is 4.00. The van der Waals surface area contributed by atoms with E-state index in [9.17, 15) is 22.4 Å². The summed E-state index contributed by atoms with van der Waals surface area (Å²) in [4.78, 5) is 11.3. The monoisotopic (exact) mass is 227 g/mol. The van der Waals surface area contributed by atoms with Crippen LogP contribution in [0.3, 0.4) is 0 Å². The molecular formula is C9H13F4NO. The van der Waals surface area contributed by atoms with E-state index in [2.05, 4.69) is 0 Å². The first-order valence-corrected chi connectivity index (χ1v) is 4.68. The number of rotatable bonds is 2. The van der Waals surface area contributed by atoms with Gasteiger partial charge in [-0.15, -0.1) is 0 Å². The Kier molecular flexibility index (Phi) is 2.52. The molecule has 1 aliphatic heterocycles. The van der Waals surface area contributed by atoms with Gasteiger partial charge in [0.15, 0.2) is 0 Å². The summed E-state index contributed by atoms with van der Waals surface area (Å²) in [6.45, 7) is 2.16. The number of hydrogen-bond donors (Lipinski definition) is 0. The largest absolute Gasteiger partial charge is 0.365 e. The zero-order valence-corrected chi connectivity index (χ0v) is 8.78. The van der Waals surface area contributed by atoms with E-state index >= 15 is 0 Å². The van der Waals surface area contributed by atoms with E-state index in [0.29, 0.717) is 13.8 Å². The fourth-order valence-corrected chi connectivity index (χ4v) is 1.58. The summed E-state index contributed by atoms with van der Waals surface area (Å²) in [5.74, 6) is -1.49. The van der Waals surface area contributed by atoms with E-state index in [0.717, 1.165) is 0 Å². The lowest BCUT2D eigenvalue weighted by Crippen LogP contribution is -2.52. The Balaban J connectivity index is 3.21. The lowest BCUT2D eigenvalue weighted by molar-refractivity contribution is -0.207. The van der Waals surface area contributed by atoms with Gasteiger partial charge in [-0.25, -0.2) is 8.78 Å². The fourth-order valence-electron chi connectivity index (χ4n) is 1.58. The van der Waals surface area contributed by atoms with E-state index < -0.39 is 23.3 Å². The van der Waals surface area contributed by atoms with Crippen LogP contribution in [0.1, 0.15) is 27.2 Å². The van der Waals surface area contributed by atoms with Crippen molar-refractivity contribution < 1.29 is 22.4 Å². The molecule has 2 atom stereocenters. The zero-order valence-electron chi connectivity index (χ0n) is 8.78. The average Bonchev–Trinajstić information content (AvgIpc) is 2.18. The van der Waals surface area contributed by atoms with Crippen molar-refractivity contribution in [3.8, 4) is 0 Å². The molecule has 88 valence electrons. The summed E-state index contributed by atoms with van der Waals surface area (Å²) < 4.78 is 54.0. The maximum atomic E-state index is 13.6. The Morgan fingerprint density at radius 1 is 1.20 bits per heavy atom. The number of amides is 1. The highest BCUT2D eigenvalue weighted by atomic mass is 19.3. The van der Waals surface area contributed by atoms with Crippen LogP contribution in [0.15, 0.2) is 0 Å². The molecule has 1 aliphatic rings. The van der Waals surface area contributed by atoms with E-state index in [4.69, 9.17) is 0 Å². The molecule has 0 bridgehead atoms. The number of nitrogens with zero attached hydrogens (tertiary/aromatic N) is 1. The highest BCUT2D eigenvalue weighted by molar-refractivity contribution is 5.90. The molecule has 0 spiro atoms. The van der Waals surface area contributed by atoms with Gasteiger partial charge in [0.25, 0.3) is 5.91 Å². The minimum Gasteiger partial charge on any atom is -0.278 e. The molecule has 6 heteroatoms. The maximum Gasteiger partial charge on any atom is 0.365 e. The Morgan fingerprint density at radius 3 is 1.93 bits per heavy atom. The third kappa shape index (κ3) is 1.26. The molecule has 1 saturated heterocycles. The molecule has 0 N–H and O–H groups in total. The van der Waals surface area contributed by atoms with Gasteiger partial charge in [0.05, 0.1) is 0 Å². The normalized spacial score (nSPS) is 39.9. The van der Waals surface area contributed by atoms with Crippen LogP contribution in [0.5, 0.6) is 0 Å². The smallest absolute Gasteiger partial charge is 0.278 e. The summed E-state index contributed by atoms with van der Waals surface area (Å²) in [7, 11) is 0. The lowest BCUT2D eigenvalue weighted by atomic mass is 9.91. The molecule has 0 saturated carbocycles. The number of hydrogen-bond acceptors (Lipinski definition) is 1. The quantitative estimate of drug-likeness (QED) is 0.523. The summed E-state index contributed by atoms with van der Waals surface area (Å²) >= 11 is 0. The molecule has 0 aromatic heterocycles. The molecule has 1 amide bonds. The van der Waals surface area contributed by atoms with Crippen molar-refractivity contribution >= 4 is 5.91 Å². The summed E-state index contributed by atoms with van der Waals surface area (Å²) in [5, 5.41) is 0. The fraction of sp³-hybridized carbons (Fsp3) is 0.889. The number of halogens is 4. The molecule has 2 nitrogen and oxygen atoms in total. The van der Waals surface area contributed by atoms with Crippen molar-refractivity contribution in [3.63, 3.8) is 0 Å².